The minimum Gasteiger partial charge on any atom is -0.481 e. The van der Waals surface area contributed by atoms with E-state index >= 15 is 0 Å². The Hall–Kier alpha value is -0.530. The molecular weight excluding hydrogens is 140 g/mol. The molecule has 0 radical (unpaired) electrons. The third-order valence-corrected chi connectivity index (χ3v) is 3.32. The van der Waals surface area contributed by atoms with Gasteiger partial charge in [0.2, 0.25) is 0 Å². The molecule has 11 heavy (non-hydrogen) atoms. The molecule has 3 atom stereocenters. The van der Waals surface area contributed by atoms with E-state index in [0.29, 0.717) is 12.3 Å². The van der Waals surface area contributed by atoms with Crippen LogP contribution in [0.5, 0.6) is 0 Å². The molecule has 62 valence electrons. The lowest BCUT2D eigenvalue weighted by molar-refractivity contribution is -0.138. The molecule has 0 aromatic heterocycles. The molecule has 2 rings (SSSR count). The Morgan fingerprint density at radius 1 is 1.36 bits per heavy atom. The summed E-state index contributed by atoms with van der Waals surface area (Å²) in [5.41, 5.74) is 0. The molecule has 2 aliphatic rings. The fourth-order valence-corrected chi connectivity index (χ4v) is 2.85. The molecular formula is C9H14O2. The molecule has 0 unspecified atom stereocenters. The van der Waals surface area contributed by atoms with E-state index in [-0.39, 0.29) is 0 Å². The van der Waals surface area contributed by atoms with E-state index in [4.69, 9.17) is 5.11 Å². The van der Waals surface area contributed by atoms with Crippen molar-refractivity contribution >= 4 is 5.97 Å². The van der Waals surface area contributed by atoms with E-state index in [1.165, 1.54) is 25.7 Å². The Bertz CT molecular complexity index is 176. The van der Waals surface area contributed by atoms with Crippen LogP contribution in [0.2, 0.25) is 0 Å². The van der Waals surface area contributed by atoms with Crippen LogP contribution in [-0.2, 0) is 4.79 Å². The largest absolute Gasteiger partial charge is 0.481 e. The Labute approximate surface area is 66.6 Å². The second-order valence-corrected chi connectivity index (χ2v) is 4.03. The first kappa shape index (κ1) is 7.14. The number of hydrogen-bond acceptors (Lipinski definition) is 1. The van der Waals surface area contributed by atoms with Crippen molar-refractivity contribution in [3.8, 4) is 0 Å². The molecule has 0 aliphatic heterocycles. The lowest BCUT2D eigenvalue weighted by Crippen LogP contribution is -2.14. The summed E-state index contributed by atoms with van der Waals surface area (Å²) in [5, 5.41) is 8.60. The van der Waals surface area contributed by atoms with Gasteiger partial charge in [0.15, 0.2) is 0 Å². The summed E-state index contributed by atoms with van der Waals surface area (Å²) < 4.78 is 0. The van der Waals surface area contributed by atoms with Gasteiger partial charge in [-0.25, -0.2) is 0 Å². The van der Waals surface area contributed by atoms with Gasteiger partial charge in [-0.3, -0.25) is 4.79 Å². The van der Waals surface area contributed by atoms with Crippen LogP contribution in [0.3, 0.4) is 0 Å². The van der Waals surface area contributed by atoms with Gasteiger partial charge in [0.1, 0.15) is 0 Å². The van der Waals surface area contributed by atoms with Crippen LogP contribution in [0.25, 0.3) is 0 Å². The molecule has 0 spiro atoms. The highest BCUT2D eigenvalue weighted by atomic mass is 16.4. The minimum absolute atomic E-state index is 0.418. The van der Waals surface area contributed by atoms with Crippen LogP contribution < -0.4 is 0 Å². The topological polar surface area (TPSA) is 37.3 Å². The summed E-state index contributed by atoms with van der Waals surface area (Å²) in [6.45, 7) is 0. The normalized spacial score (nSPS) is 41.3. The molecule has 2 nitrogen and oxygen atoms in total. The molecule has 2 saturated carbocycles. The molecule has 0 aromatic rings. The lowest BCUT2D eigenvalue weighted by Gasteiger charge is -2.18. The Morgan fingerprint density at radius 2 is 2.18 bits per heavy atom. The second-order valence-electron chi connectivity index (χ2n) is 4.03. The van der Waals surface area contributed by atoms with E-state index in [1.54, 1.807) is 0 Å². The zero-order valence-corrected chi connectivity index (χ0v) is 6.62. The number of carboxylic acids is 1. The number of hydrogen-bond donors (Lipinski definition) is 1. The first-order valence-electron chi connectivity index (χ1n) is 4.47. The lowest BCUT2D eigenvalue weighted by atomic mass is 9.86. The highest BCUT2D eigenvalue weighted by molar-refractivity contribution is 5.67. The molecule has 0 saturated heterocycles. The molecule has 2 fully saturated rings. The van der Waals surface area contributed by atoms with Crippen LogP contribution in [0.4, 0.5) is 0 Å². The summed E-state index contributed by atoms with van der Waals surface area (Å²) in [7, 11) is 0. The average molecular weight is 154 g/mol. The Morgan fingerprint density at radius 3 is 2.64 bits per heavy atom. The van der Waals surface area contributed by atoms with Crippen LogP contribution in [0, 0.1) is 17.8 Å². The van der Waals surface area contributed by atoms with Gasteiger partial charge in [0.25, 0.3) is 0 Å². The molecule has 2 bridgehead atoms. The van der Waals surface area contributed by atoms with Crippen molar-refractivity contribution in [3.63, 3.8) is 0 Å². The van der Waals surface area contributed by atoms with Crippen molar-refractivity contribution < 1.29 is 9.90 Å². The van der Waals surface area contributed by atoms with E-state index in [0.717, 1.165) is 11.8 Å². The van der Waals surface area contributed by atoms with Gasteiger partial charge in [-0.15, -0.1) is 0 Å². The van der Waals surface area contributed by atoms with Crippen molar-refractivity contribution in [2.45, 2.75) is 32.1 Å². The average Bonchev–Trinajstić information content (AvgIpc) is 2.45. The van der Waals surface area contributed by atoms with Gasteiger partial charge in [-0.1, -0.05) is 6.42 Å². The van der Waals surface area contributed by atoms with Crippen molar-refractivity contribution in [3.05, 3.63) is 0 Å². The van der Waals surface area contributed by atoms with Gasteiger partial charge in [0.05, 0.1) is 0 Å². The molecule has 2 aliphatic carbocycles. The number of aliphatic carboxylic acids is 1. The predicted octanol–water partition coefficient (Wildman–Crippen LogP) is 1.90. The van der Waals surface area contributed by atoms with E-state index in [9.17, 15) is 4.79 Å². The monoisotopic (exact) mass is 154 g/mol. The van der Waals surface area contributed by atoms with Crippen molar-refractivity contribution in [1.82, 2.24) is 0 Å². The van der Waals surface area contributed by atoms with E-state index in [1.807, 2.05) is 0 Å². The third-order valence-electron chi connectivity index (χ3n) is 3.32. The molecule has 0 heterocycles. The first-order valence-corrected chi connectivity index (χ1v) is 4.47. The van der Waals surface area contributed by atoms with E-state index < -0.39 is 5.97 Å². The predicted molar refractivity (Wildman–Crippen MR) is 41.2 cm³/mol. The molecule has 0 amide bonds. The maximum absolute atomic E-state index is 10.4. The Kier molecular flexibility index (Phi) is 1.63. The summed E-state index contributed by atoms with van der Waals surface area (Å²) in [6, 6.07) is 0. The molecule has 0 aromatic carbocycles. The third kappa shape index (κ3) is 1.26. The number of carboxylic acid groups (broad SMARTS) is 1. The van der Waals surface area contributed by atoms with Crippen LogP contribution in [0.1, 0.15) is 32.1 Å². The summed E-state index contributed by atoms with van der Waals surface area (Å²) in [6.07, 6.45) is 5.58. The first-order chi connectivity index (χ1) is 5.25. The highest BCUT2D eigenvalue weighted by Gasteiger charge is 2.39. The van der Waals surface area contributed by atoms with Gasteiger partial charge >= 0.3 is 5.97 Å². The SMILES string of the molecule is O=C(O)C[C@@H]1C[C@H]2CC[C@@H]1C2. The smallest absolute Gasteiger partial charge is 0.303 e. The zero-order valence-electron chi connectivity index (χ0n) is 6.62. The van der Waals surface area contributed by atoms with Gasteiger partial charge < -0.3 is 5.11 Å². The van der Waals surface area contributed by atoms with Gasteiger partial charge in [-0.2, -0.15) is 0 Å². The van der Waals surface area contributed by atoms with E-state index in [2.05, 4.69) is 0 Å². The number of rotatable bonds is 2. The minimum atomic E-state index is -0.609. The zero-order chi connectivity index (χ0) is 7.84. The summed E-state index contributed by atoms with van der Waals surface area (Å²) in [5.74, 6) is 1.55. The number of fused-ring (bicyclic) bond motifs is 2. The maximum Gasteiger partial charge on any atom is 0.303 e. The quantitative estimate of drug-likeness (QED) is 0.659. The maximum atomic E-state index is 10.4. The Balaban J connectivity index is 1.92. The van der Waals surface area contributed by atoms with Crippen LogP contribution >= 0.6 is 0 Å². The molecule has 1 N–H and O–H groups in total. The number of carbonyl (C=O) groups is 1. The highest BCUT2D eigenvalue weighted by Crippen LogP contribution is 2.49. The standard InChI is InChI=1S/C9H14O2/c10-9(11)5-8-4-6-1-2-7(8)3-6/h6-8H,1-5H2,(H,10,11)/t6-,7+,8-/m0/s1. The van der Waals surface area contributed by atoms with Crippen molar-refractivity contribution in [2.24, 2.45) is 17.8 Å². The second kappa shape index (κ2) is 2.50. The van der Waals surface area contributed by atoms with Crippen LogP contribution in [0.15, 0.2) is 0 Å². The van der Waals surface area contributed by atoms with Gasteiger partial charge in [0, 0.05) is 6.42 Å². The summed E-state index contributed by atoms with van der Waals surface area (Å²) >= 11 is 0. The fourth-order valence-electron chi connectivity index (χ4n) is 2.85. The van der Waals surface area contributed by atoms with Crippen molar-refractivity contribution in [1.29, 1.82) is 0 Å². The van der Waals surface area contributed by atoms with Crippen molar-refractivity contribution in [2.75, 3.05) is 0 Å². The fraction of sp³-hybridized carbons (Fsp3) is 0.889. The summed E-state index contributed by atoms with van der Waals surface area (Å²) in [4.78, 5) is 10.4. The molecule has 2 heteroatoms. The van der Waals surface area contributed by atoms with Gasteiger partial charge in [-0.05, 0) is 37.0 Å². The van der Waals surface area contributed by atoms with Crippen LogP contribution in [-0.4, -0.2) is 11.1 Å².